The summed E-state index contributed by atoms with van der Waals surface area (Å²) in [6.07, 6.45) is 3.28. The van der Waals surface area contributed by atoms with E-state index in [2.05, 4.69) is 11.4 Å². The Hall–Kier alpha value is -1.08. The van der Waals surface area contributed by atoms with Crippen molar-refractivity contribution in [1.29, 1.82) is 5.26 Å². The summed E-state index contributed by atoms with van der Waals surface area (Å²) in [5.74, 6) is 1.85. The van der Waals surface area contributed by atoms with Crippen molar-refractivity contribution in [3.63, 3.8) is 0 Å². The van der Waals surface area contributed by atoms with E-state index in [1.54, 1.807) is 6.92 Å². The first-order valence-corrected chi connectivity index (χ1v) is 7.10. The lowest BCUT2D eigenvalue weighted by atomic mass is 9.63. The van der Waals surface area contributed by atoms with Crippen LogP contribution in [0.2, 0.25) is 0 Å². The fourth-order valence-corrected chi connectivity index (χ4v) is 4.45. The van der Waals surface area contributed by atoms with Gasteiger partial charge in [0.25, 0.3) is 0 Å². The van der Waals surface area contributed by atoms with Gasteiger partial charge in [0.15, 0.2) is 0 Å². The van der Waals surface area contributed by atoms with Gasteiger partial charge >= 0.3 is 0 Å². The van der Waals surface area contributed by atoms with E-state index in [9.17, 15) is 10.1 Å². The second kappa shape index (κ2) is 4.55. The summed E-state index contributed by atoms with van der Waals surface area (Å²) in [5.41, 5.74) is 0. The van der Waals surface area contributed by atoms with Gasteiger partial charge < -0.3 is 10.2 Å². The Labute approximate surface area is 108 Å². The number of carbonyl (C=O) groups excluding carboxylic acids is 1. The van der Waals surface area contributed by atoms with Gasteiger partial charge in [-0.05, 0) is 50.1 Å². The second-order valence-corrected chi connectivity index (χ2v) is 6.06. The molecule has 3 unspecified atom stereocenters. The number of nitrogens with zero attached hydrogens (tertiary/aromatic N) is 2. The molecule has 0 aromatic carbocycles. The standard InChI is InChI=1S/C14H21N3O/c1-9(18)17-4-2-3-11-12(6-15)13-8-16-7-10(13)5-14(11)17/h10-14,16H,2-5,7-8H2,1H3/t10-,11?,12?,13-,14?/m1/s1. The van der Waals surface area contributed by atoms with Crippen molar-refractivity contribution in [2.45, 2.75) is 32.2 Å². The molecule has 1 amide bonds. The van der Waals surface area contributed by atoms with Crippen molar-refractivity contribution in [2.75, 3.05) is 19.6 Å². The normalized spacial score (nSPS) is 42.9. The van der Waals surface area contributed by atoms with Crippen molar-refractivity contribution < 1.29 is 4.79 Å². The average molecular weight is 247 g/mol. The van der Waals surface area contributed by atoms with Crippen LogP contribution in [0.25, 0.3) is 0 Å². The summed E-state index contributed by atoms with van der Waals surface area (Å²) in [7, 11) is 0. The molecule has 3 rings (SSSR count). The molecule has 4 nitrogen and oxygen atoms in total. The van der Waals surface area contributed by atoms with Crippen LogP contribution in [-0.2, 0) is 4.79 Å². The lowest BCUT2D eigenvalue weighted by molar-refractivity contribution is -0.137. The van der Waals surface area contributed by atoms with E-state index < -0.39 is 0 Å². The number of carbonyl (C=O) groups is 1. The molecule has 2 heterocycles. The Morgan fingerprint density at radius 2 is 2.22 bits per heavy atom. The fourth-order valence-electron chi connectivity index (χ4n) is 4.45. The first kappa shape index (κ1) is 12.0. The molecule has 1 saturated carbocycles. The van der Waals surface area contributed by atoms with E-state index >= 15 is 0 Å². The van der Waals surface area contributed by atoms with Crippen LogP contribution >= 0.6 is 0 Å². The predicted octanol–water partition coefficient (Wildman–Crippen LogP) is 0.993. The van der Waals surface area contributed by atoms with Crippen LogP contribution in [-0.4, -0.2) is 36.5 Å². The molecule has 5 atom stereocenters. The number of nitriles is 1. The highest BCUT2D eigenvalue weighted by molar-refractivity contribution is 5.73. The van der Waals surface area contributed by atoms with E-state index in [1.165, 1.54) is 0 Å². The Bertz CT molecular complexity index is 389. The smallest absolute Gasteiger partial charge is 0.219 e. The molecule has 3 aliphatic rings. The fraction of sp³-hybridized carbons (Fsp3) is 0.857. The van der Waals surface area contributed by atoms with E-state index in [1.807, 2.05) is 4.90 Å². The highest BCUT2D eigenvalue weighted by Gasteiger charge is 2.49. The zero-order chi connectivity index (χ0) is 12.7. The maximum atomic E-state index is 11.8. The van der Waals surface area contributed by atoms with E-state index in [4.69, 9.17) is 0 Å². The first-order chi connectivity index (χ1) is 8.72. The molecular weight excluding hydrogens is 226 g/mol. The van der Waals surface area contributed by atoms with Crippen LogP contribution in [0.15, 0.2) is 0 Å². The van der Waals surface area contributed by atoms with Crippen molar-refractivity contribution in [2.24, 2.45) is 23.7 Å². The van der Waals surface area contributed by atoms with E-state index in [-0.39, 0.29) is 11.8 Å². The summed E-state index contributed by atoms with van der Waals surface area (Å²) >= 11 is 0. The molecule has 0 spiro atoms. The third-order valence-electron chi connectivity index (χ3n) is 5.24. The zero-order valence-corrected chi connectivity index (χ0v) is 10.9. The summed E-state index contributed by atoms with van der Waals surface area (Å²) in [6, 6.07) is 2.88. The Kier molecular flexibility index (Phi) is 3.03. The average Bonchev–Trinajstić information content (AvgIpc) is 2.82. The number of hydrogen-bond donors (Lipinski definition) is 1. The first-order valence-electron chi connectivity index (χ1n) is 7.10. The molecule has 0 aromatic rings. The van der Waals surface area contributed by atoms with Crippen molar-refractivity contribution in [3.05, 3.63) is 0 Å². The van der Waals surface area contributed by atoms with Crippen LogP contribution in [0.4, 0.5) is 0 Å². The molecule has 3 fully saturated rings. The minimum Gasteiger partial charge on any atom is -0.340 e. The maximum Gasteiger partial charge on any atom is 0.219 e. The van der Waals surface area contributed by atoms with Gasteiger partial charge in [-0.3, -0.25) is 4.79 Å². The van der Waals surface area contributed by atoms with Gasteiger partial charge in [0.1, 0.15) is 0 Å². The summed E-state index contributed by atoms with van der Waals surface area (Å²) in [5, 5.41) is 12.9. The maximum absolute atomic E-state index is 11.8. The molecule has 0 aromatic heterocycles. The third-order valence-corrected chi connectivity index (χ3v) is 5.24. The van der Waals surface area contributed by atoms with Crippen LogP contribution in [0, 0.1) is 35.0 Å². The predicted molar refractivity (Wildman–Crippen MR) is 67.5 cm³/mol. The number of hydrogen-bond acceptors (Lipinski definition) is 3. The number of fused-ring (bicyclic) bond motifs is 2. The highest BCUT2D eigenvalue weighted by atomic mass is 16.2. The lowest BCUT2D eigenvalue weighted by Gasteiger charge is -2.49. The number of rotatable bonds is 0. The monoisotopic (exact) mass is 247 g/mol. The van der Waals surface area contributed by atoms with Gasteiger partial charge in [-0.2, -0.15) is 5.26 Å². The molecule has 98 valence electrons. The van der Waals surface area contributed by atoms with Gasteiger partial charge in [0, 0.05) is 19.5 Å². The highest BCUT2D eigenvalue weighted by Crippen LogP contribution is 2.46. The zero-order valence-electron chi connectivity index (χ0n) is 10.9. The van der Waals surface area contributed by atoms with E-state index in [0.29, 0.717) is 23.8 Å². The molecule has 4 heteroatoms. The van der Waals surface area contributed by atoms with Crippen molar-refractivity contribution >= 4 is 5.91 Å². The summed E-state index contributed by atoms with van der Waals surface area (Å²) < 4.78 is 0. The topological polar surface area (TPSA) is 56.1 Å². The number of amides is 1. The van der Waals surface area contributed by atoms with Gasteiger partial charge in [0.05, 0.1) is 12.0 Å². The Morgan fingerprint density at radius 1 is 1.39 bits per heavy atom. The number of nitrogens with one attached hydrogen (secondary N) is 1. The van der Waals surface area contributed by atoms with Crippen LogP contribution < -0.4 is 5.32 Å². The SMILES string of the molecule is CC(=O)N1CCCC2C(C#N)[C@@H]3CNC[C@H]3CC21. The molecule has 1 aliphatic carbocycles. The van der Waals surface area contributed by atoms with Gasteiger partial charge in [0.2, 0.25) is 5.91 Å². The van der Waals surface area contributed by atoms with Gasteiger partial charge in [-0.15, -0.1) is 0 Å². The molecular formula is C14H21N3O. The number of likely N-dealkylation sites (tertiary alicyclic amines) is 1. The van der Waals surface area contributed by atoms with Crippen LogP contribution in [0.1, 0.15) is 26.2 Å². The van der Waals surface area contributed by atoms with Crippen LogP contribution in [0.3, 0.4) is 0 Å². The van der Waals surface area contributed by atoms with E-state index in [0.717, 1.165) is 38.9 Å². The van der Waals surface area contributed by atoms with Crippen LogP contribution in [0.5, 0.6) is 0 Å². The second-order valence-electron chi connectivity index (χ2n) is 6.06. The largest absolute Gasteiger partial charge is 0.340 e. The molecule has 2 aliphatic heterocycles. The third kappa shape index (κ3) is 1.73. The van der Waals surface area contributed by atoms with Crippen molar-refractivity contribution in [1.82, 2.24) is 10.2 Å². The molecule has 0 radical (unpaired) electrons. The Morgan fingerprint density at radius 3 is 2.94 bits per heavy atom. The molecule has 0 bridgehead atoms. The quantitative estimate of drug-likeness (QED) is 0.694. The minimum atomic E-state index is 0.144. The Balaban J connectivity index is 1.88. The van der Waals surface area contributed by atoms with Gasteiger partial charge in [-0.1, -0.05) is 0 Å². The van der Waals surface area contributed by atoms with Crippen molar-refractivity contribution in [3.8, 4) is 6.07 Å². The number of piperidine rings is 1. The molecule has 18 heavy (non-hydrogen) atoms. The summed E-state index contributed by atoms with van der Waals surface area (Å²) in [6.45, 7) is 4.58. The van der Waals surface area contributed by atoms with Gasteiger partial charge in [-0.25, -0.2) is 0 Å². The summed E-state index contributed by atoms with van der Waals surface area (Å²) in [4.78, 5) is 13.8. The minimum absolute atomic E-state index is 0.144. The molecule has 2 saturated heterocycles. The lowest BCUT2D eigenvalue weighted by Crippen LogP contribution is -2.55. The molecule has 1 N–H and O–H groups in total.